The van der Waals surface area contributed by atoms with Gasteiger partial charge in [0.2, 0.25) is 10.0 Å². The largest absolute Gasteiger partial charge is 0.744 e. The smallest absolute Gasteiger partial charge is 0.336 e. The summed E-state index contributed by atoms with van der Waals surface area (Å²) in [4.78, 5) is 10.5. The van der Waals surface area contributed by atoms with Gasteiger partial charge in [0, 0.05) is 30.2 Å². The van der Waals surface area contributed by atoms with Gasteiger partial charge in [0.25, 0.3) is 0 Å². The number of carbonyl (C=O) groups is 1. The lowest BCUT2D eigenvalue weighted by molar-refractivity contribution is 0.00445. The van der Waals surface area contributed by atoms with Gasteiger partial charge in [-0.1, -0.05) is 18.2 Å². The second-order valence-electron chi connectivity index (χ2n) is 9.69. The fourth-order valence-corrected chi connectivity index (χ4v) is 6.68. The van der Waals surface area contributed by atoms with E-state index in [0.29, 0.717) is 26.4 Å². The molecule has 1 heterocycles. The summed E-state index contributed by atoms with van der Waals surface area (Å²) in [5.74, 6) is -1.95. The number of nitrogens with one attached hydrogen (secondary N) is 2. The van der Waals surface area contributed by atoms with Gasteiger partial charge in [0.15, 0.2) is 11.3 Å². The number of hydrogen-bond acceptors (Lipinski definition) is 13. The highest BCUT2D eigenvalue weighted by molar-refractivity contribution is 7.90. The van der Waals surface area contributed by atoms with Crippen molar-refractivity contribution in [3.63, 3.8) is 0 Å². The Hall–Kier alpha value is -3.94. The van der Waals surface area contributed by atoms with Crippen LogP contribution in [0.4, 0.5) is 5.69 Å². The van der Waals surface area contributed by atoms with Crippen molar-refractivity contribution in [3.05, 3.63) is 59.5 Å². The number of nitrogens with two attached hydrogens (primary N) is 1. The first kappa shape index (κ1) is 34.9. The van der Waals surface area contributed by atoms with Crippen LogP contribution in [0.15, 0.2) is 62.7 Å². The molecule has 1 aliphatic heterocycles. The number of methoxy groups -OCH3 is 1. The van der Waals surface area contributed by atoms with Crippen LogP contribution in [-0.2, 0) is 39.1 Å². The molecule has 0 atom stereocenters. The quantitative estimate of drug-likeness (QED) is 0.0540. The van der Waals surface area contributed by atoms with Crippen LogP contribution >= 0.6 is 0 Å². The zero-order chi connectivity index (χ0) is 33.5. The Balaban J connectivity index is 1.71. The van der Waals surface area contributed by atoms with E-state index in [0.717, 1.165) is 6.07 Å². The van der Waals surface area contributed by atoms with Crippen molar-refractivity contribution >= 4 is 42.8 Å². The minimum atomic E-state index is -5.33. The summed E-state index contributed by atoms with van der Waals surface area (Å²) in [5, 5.41) is 17.4. The Labute approximate surface area is 264 Å². The molecule has 5 N–H and O–H groups in total. The van der Waals surface area contributed by atoms with E-state index in [1.807, 2.05) is 0 Å². The Morgan fingerprint density at radius 2 is 1.52 bits per heavy atom. The first-order valence-corrected chi connectivity index (χ1v) is 16.6. The van der Waals surface area contributed by atoms with Crippen LogP contribution in [0.5, 0.6) is 0 Å². The Morgan fingerprint density at radius 3 is 2.15 bits per heavy atom. The van der Waals surface area contributed by atoms with E-state index in [-0.39, 0.29) is 59.7 Å². The Kier molecular flexibility index (Phi) is 11.5. The van der Waals surface area contributed by atoms with Gasteiger partial charge in [-0.15, -0.1) is 0 Å². The molecule has 17 heteroatoms. The highest BCUT2D eigenvalue weighted by Gasteiger charge is 2.30. The number of nitrogen functional groups attached to an aromatic ring is 1. The van der Waals surface area contributed by atoms with Crippen molar-refractivity contribution in [2.24, 2.45) is 0 Å². The predicted molar refractivity (Wildman–Crippen MR) is 163 cm³/mol. The average Bonchev–Trinajstić information content (AvgIpc) is 2.99. The maximum absolute atomic E-state index is 13.6. The van der Waals surface area contributed by atoms with Gasteiger partial charge < -0.3 is 38.8 Å². The standard InChI is InChI=1S/C29H33N3O12S2/c1-40-12-13-42-16-17-43-15-14-41-11-10-32-45(35,36)27-22(30)8-6-20-24(18-4-2-3-5-19(18)29(33)34)21-7-9-23(31)28(46(37,38)39)26(21)44-25(20)27/h2-9,31-32H,10-17,30H2,1H3,(H,33,34)(H,37,38,39)/p-1. The molecule has 4 rings (SSSR count). The lowest BCUT2D eigenvalue weighted by atomic mass is 9.90. The van der Waals surface area contributed by atoms with Gasteiger partial charge in [-0.3, -0.25) is 5.41 Å². The highest BCUT2D eigenvalue weighted by atomic mass is 32.2. The molecule has 0 spiro atoms. The minimum Gasteiger partial charge on any atom is -0.744 e. The normalized spacial score (nSPS) is 12.2. The Bertz CT molecular complexity index is 1960. The number of hydrogen-bond donors (Lipinski definition) is 4. The van der Waals surface area contributed by atoms with Crippen molar-refractivity contribution in [3.8, 4) is 22.5 Å². The molecule has 0 bridgehead atoms. The molecule has 0 aromatic heterocycles. The number of ether oxygens (including phenoxy) is 4. The summed E-state index contributed by atoms with van der Waals surface area (Å²) in [6, 6.07) is 10.8. The van der Waals surface area contributed by atoms with Crippen LogP contribution in [0, 0.1) is 5.41 Å². The summed E-state index contributed by atoms with van der Waals surface area (Å²) in [6.07, 6.45) is 0. The summed E-state index contributed by atoms with van der Waals surface area (Å²) < 4.78 is 93.2. The van der Waals surface area contributed by atoms with Crippen LogP contribution in [0.3, 0.4) is 0 Å². The van der Waals surface area contributed by atoms with Gasteiger partial charge in [-0.25, -0.2) is 26.4 Å². The van der Waals surface area contributed by atoms with Crippen molar-refractivity contribution in [1.29, 1.82) is 5.41 Å². The van der Waals surface area contributed by atoms with Crippen LogP contribution in [0.1, 0.15) is 10.4 Å². The molecule has 0 fully saturated rings. The van der Waals surface area contributed by atoms with Gasteiger partial charge in [-0.05, 0) is 35.9 Å². The second-order valence-corrected chi connectivity index (χ2v) is 12.7. The van der Waals surface area contributed by atoms with Crippen molar-refractivity contribution in [1.82, 2.24) is 4.72 Å². The molecule has 15 nitrogen and oxygen atoms in total. The summed E-state index contributed by atoms with van der Waals surface area (Å²) in [5.41, 5.74) is 5.29. The van der Waals surface area contributed by atoms with Gasteiger partial charge in [-0.2, -0.15) is 0 Å². The lowest BCUT2D eigenvalue weighted by Crippen LogP contribution is -2.29. The average molecular weight is 679 g/mol. The van der Waals surface area contributed by atoms with E-state index in [9.17, 15) is 31.3 Å². The molecule has 0 radical (unpaired) electrons. The van der Waals surface area contributed by atoms with Crippen LogP contribution in [0.2, 0.25) is 0 Å². The number of benzene rings is 3. The molecular formula is C29H32N3O12S2-. The molecule has 0 unspecified atom stereocenters. The molecule has 0 saturated heterocycles. The lowest BCUT2D eigenvalue weighted by Gasteiger charge is -2.21. The third-order valence-electron chi connectivity index (χ3n) is 6.66. The molecule has 2 aliphatic rings. The minimum absolute atomic E-state index is 0.0372. The number of rotatable bonds is 17. The van der Waals surface area contributed by atoms with Gasteiger partial charge in [0.1, 0.15) is 19.9 Å². The summed E-state index contributed by atoms with van der Waals surface area (Å²) in [6.45, 7) is 1.82. The maximum atomic E-state index is 13.6. The topological polar surface area (TPSA) is 241 Å². The molecule has 248 valence electrons. The van der Waals surface area contributed by atoms with Gasteiger partial charge >= 0.3 is 5.97 Å². The third-order valence-corrected chi connectivity index (χ3v) is 9.11. The maximum Gasteiger partial charge on any atom is 0.336 e. The number of anilines is 1. The molecule has 1 aliphatic carbocycles. The van der Waals surface area contributed by atoms with Crippen molar-refractivity contribution < 1.29 is 54.7 Å². The molecule has 0 saturated carbocycles. The Morgan fingerprint density at radius 1 is 0.891 bits per heavy atom. The number of fused-ring (bicyclic) bond motifs is 2. The van der Waals surface area contributed by atoms with Crippen molar-refractivity contribution in [2.45, 2.75) is 9.79 Å². The molecule has 2 aromatic rings. The molecular weight excluding hydrogens is 646 g/mol. The fraction of sp³-hybridized carbons (Fsp3) is 0.310. The van der Waals surface area contributed by atoms with Crippen LogP contribution in [-0.4, -0.2) is 92.4 Å². The summed E-state index contributed by atoms with van der Waals surface area (Å²) >= 11 is 0. The molecule has 46 heavy (non-hydrogen) atoms. The van der Waals surface area contributed by atoms with Crippen LogP contribution in [0.25, 0.3) is 33.4 Å². The molecule has 0 amide bonds. The van der Waals surface area contributed by atoms with E-state index in [4.69, 9.17) is 34.5 Å². The van der Waals surface area contributed by atoms with Crippen LogP contribution < -0.4 is 15.8 Å². The first-order valence-electron chi connectivity index (χ1n) is 13.8. The highest BCUT2D eigenvalue weighted by Crippen LogP contribution is 2.45. The van der Waals surface area contributed by atoms with E-state index in [1.165, 1.54) is 42.5 Å². The monoisotopic (exact) mass is 678 g/mol. The number of sulfonamides is 1. The second kappa shape index (κ2) is 15.1. The van der Waals surface area contributed by atoms with E-state index < -0.39 is 52.6 Å². The number of aromatic carboxylic acids is 1. The first-order chi connectivity index (χ1) is 21.9. The van der Waals surface area contributed by atoms with E-state index in [1.54, 1.807) is 7.11 Å². The SMILES string of the molecule is COCCOCCOCCOCCNS(=O)(=O)c1c(N)ccc2c(-c3ccccc3C(=O)O)c3ccc(=N)c(S(=O)(=O)[O-])c-3oc12. The predicted octanol–water partition coefficient (Wildman–Crippen LogP) is 1.84. The molecule has 2 aromatic carbocycles. The number of carboxylic acids is 1. The third kappa shape index (κ3) is 7.88. The summed E-state index contributed by atoms with van der Waals surface area (Å²) in [7, 11) is -8.24. The van der Waals surface area contributed by atoms with Crippen molar-refractivity contribution in [2.75, 3.05) is 65.6 Å². The van der Waals surface area contributed by atoms with E-state index in [2.05, 4.69) is 4.72 Å². The van der Waals surface area contributed by atoms with E-state index >= 15 is 0 Å². The number of carboxylic acid groups (broad SMARTS) is 1. The zero-order valence-electron chi connectivity index (χ0n) is 24.6. The zero-order valence-corrected chi connectivity index (χ0v) is 26.2. The fourth-order valence-electron chi connectivity index (χ4n) is 4.69. The van der Waals surface area contributed by atoms with Gasteiger partial charge in [0.05, 0.1) is 62.9 Å².